The molecule has 0 radical (unpaired) electrons. The molecule has 1 aliphatic heterocycles. The van der Waals surface area contributed by atoms with Crippen molar-refractivity contribution >= 4 is 0 Å². The van der Waals surface area contributed by atoms with E-state index >= 15 is 0 Å². The molecule has 92 valence electrons. The molecule has 0 bridgehead atoms. The van der Waals surface area contributed by atoms with E-state index in [0.29, 0.717) is 0 Å². The highest BCUT2D eigenvalue weighted by Gasteiger charge is 2.14. The Bertz CT molecular complexity index is 199. The molecule has 0 aromatic rings. The third kappa shape index (κ3) is 6.15. The standard InChI is InChI=1S/C14H26N2/c1-3-4-9-15-10-5-6-11-16-12-7-14(2)8-13-16/h1,14-15H,4-13H2,2H3. The Hall–Kier alpha value is -0.520. The van der Waals surface area contributed by atoms with E-state index in [0.717, 1.165) is 25.4 Å². The number of rotatable bonds is 7. The summed E-state index contributed by atoms with van der Waals surface area (Å²) in [6.07, 6.45) is 11.4. The fourth-order valence-electron chi connectivity index (χ4n) is 2.16. The van der Waals surface area contributed by atoms with Crippen LogP contribution in [-0.4, -0.2) is 37.6 Å². The van der Waals surface area contributed by atoms with Crippen LogP contribution >= 0.6 is 0 Å². The third-order valence-corrected chi connectivity index (χ3v) is 3.40. The highest BCUT2D eigenvalue weighted by Crippen LogP contribution is 2.15. The predicted molar refractivity (Wildman–Crippen MR) is 70.4 cm³/mol. The molecule has 1 rings (SSSR count). The minimum Gasteiger partial charge on any atom is -0.316 e. The molecule has 0 aromatic heterocycles. The first kappa shape index (κ1) is 13.5. The average molecular weight is 222 g/mol. The van der Waals surface area contributed by atoms with Gasteiger partial charge in [-0.2, -0.15) is 0 Å². The van der Waals surface area contributed by atoms with Crippen molar-refractivity contribution in [3.8, 4) is 12.3 Å². The fraction of sp³-hybridized carbons (Fsp3) is 0.857. The summed E-state index contributed by atoms with van der Waals surface area (Å²) >= 11 is 0. The molecule has 1 saturated heterocycles. The highest BCUT2D eigenvalue weighted by atomic mass is 15.1. The van der Waals surface area contributed by atoms with E-state index in [1.165, 1.54) is 45.3 Å². The SMILES string of the molecule is C#CCCNCCCCN1CCC(C)CC1. The van der Waals surface area contributed by atoms with Crippen LogP contribution in [0.4, 0.5) is 0 Å². The summed E-state index contributed by atoms with van der Waals surface area (Å²) in [4.78, 5) is 2.61. The van der Waals surface area contributed by atoms with Crippen LogP contribution in [0.3, 0.4) is 0 Å². The molecular weight excluding hydrogens is 196 g/mol. The molecule has 1 aliphatic rings. The average Bonchev–Trinajstić information content (AvgIpc) is 2.30. The van der Waals surface area contributed by atoms with Gasteiger partial charge in [0.15, 0.2) is 0 Å². The molecule has 1 N–H and O–H groups in total. The van der Waals surface area contributed by atoms with Crippen molar-refractivity contribution in [3.63, 3.8) is 0 Å². The van der Waals surface area contributed by atoms with Crippen molar-refractivity contribution in [2.24, 2.45) is 5.92 Å². The maximum Gasteiger partial charge on any atom is 0.0211 e. The van der Waals surface area contributed by atoms with E-state index < -0.39 is 0 Å². The number of terminal acetylenes is 1. The summed E-state index contributed by atoms with van der Waals surface area (Å²) in [6.45, 7) is 8.36. The summed E-state index contributed by atoms with van der Waals surface area (Å²) < 4.78 is 0. The Kier molecular flexibility index (Phi) is 7.29. The van der Waals surface area contributed by atoms with Crippen LogP contribution in [0, 0.1) is 18.3 Å². The van der Waals surface area contributed by atoms with Gasteiger partial charge in [0.1, 0.15) is 0 Å². The molecular formula is C14H26N2. The summed E-state index contributed by atoms with van der Waals surface area (Å²) in [7, 11) is 0. The molecule has 0 atom stereocenters. The molecule has 0 spiro atoms. The van der Waals surface area contributed by atoms with Crippen molar-refractivity contribution in [1.82, 2.24) is 10.2 Å². The van der Waals surface area contributed by atoms with Crippen molar-refractivity contribution in [2.45, 2.75) is 39.0 Å². The second kappa shape index (κ2) is 8.61. The zero-order valence-corrected chi connectivity index (χ0v) is 10.7. The molecule has 0 unspecified atom stereocenters. The van der Waals surface area contributed by atoms with Gasteiger partial charge in [0.2, 0.25) is 0 Å². The molecule has 0 aliphatic carbocycles. The first-order valence-electron chi connectivity index (χ1n) is 6.69. The lowest BCUT2D eigenvalue weighted by Crippen LogP contribution is -2.33. The topological polar surface area (TPSA) is 15.3 Å². The van der Waals surface area contributed by atoms with Crippen molar-refractivity contribution in [3.05, 3.63) is 0 Å². The molecule has 16 heavy (non-hydrogen) atoms. The van der Waals surface area contributed by atoms with Crippen LogP contribution in [0.1, 0.15) is 39.0 Å². The summed E-state index contributed by atoms with van der Waals surface area (Å²) in [5.41, 5.74) is 0. The monoisotopic (exact) mass is 222 g/mol. The first-order chi connectivity index (χ1) is 7.83. The minimum absolute atomic E-state index is 0.851. The van der Waals surface area contributed by atoms with Crippen LogP contribution in [0.15, 0.2) is 0 Å². The van der Waals surface area contributed by atoms with E-state index in [-0.39, 0.29) is 0 Å². The van der Waals surface area contributed by atoms with Gasteiger partial charge in [-0.1, -0.05) is 6.92 Å². The van der Waals surface area contributed by atoms with Crippen LogP contribution in [-0.2, 0) is 0 Å². The largest absolute Gasteiger partial charge is 0.316 e. The third-order valence-electron chi connectivity index (χ3n) is 3.40. The quantitative estimate of drug-likeness (QED) is 0.524. The van der Waals surface area contributed by atoms with Crippen molar-refractivity contribution in [1.29, 1.82) is 0 Å². The molecule has 1 fully saturated rings. The Morgan fingerprint density at radius 3 is 2.69 bits per heavy atom. The van der Waals surface area contributed by atoms with Crippen molar-refractivity contribution < 1.29 is 0 Å². The van der Waals surface area contributed by atoms with Crippen LogP contribution < -0.4 is 5.32 Å². The van der Waals surface area contributed by atoms with Crippen molar-refractivity contribution in [2.75, 3.05) is 32.7 Å². The Morgan fingerprint density at radius 1 is 1.25 bits per heavy atom. The van der Waals surface area contributed by atoms with E-state index in [4.69, 9.17) is 6.42 Å². The summed E-state index contributed by atoms with van der Waals surface area (Å²) in [5.74, 6) is 3.59. The first-order valence-corrected chi connectivity index (χ1v) is 6.69. The number of unbranched alkanes of at least 4 members (excludes halogenated alkanes) is 1. The number of hydrogen-bond acceptors (Lipinski definition) is 2. The second-order valence-electron chi connectivity index (χ2n) is 4.94. The molecule has 0 saturated carbocycles. The second-order valence-corrected chi connectivity index (χ2v) is 4.94. The maximum absolute atomic E-state index is 5.18. The van der Waals surface area contributed by atoms with Gasteiger partial charge < -0.3 is 10.2 Å². The van der Waals surface area contributed by atoms with Gasteiger partial charge in [0, 0.05) is 13.0 Å². The maximum atomic E-state index is 5.18. The minimum atomic E-state index is 0.851. The Morgan fingerprint density at radius 2 is 2.00 bits per heavy atom. The zero-order chi connectivity index (χ0) is 11.6. The highest BCUT2D eigenvalue weighted by molar-refractivity contribution is 4.83. The Labute approximate surface area is 101 Å². The van der Waals surface area contributed by atoms with E-state index in [2.05, 4.69) is 23.1 Å². The molecule has 2 nitrogen and oxygen atoms in total. The predicted octanol–water partition coefficient (Wildman–Crippen LogP) is 2.11. The summed E-state index contributed by atoms with van der Waals surface area (Å²) in [5, 5.41) is 3.37. The Balaban J connectivity index is 1.86. The van der Waals surface area contributed by atoms with Gasteiger partial charge >= 0.3 is 0 Å². The fourth-order valence-corrected chi connectivity index (χ4v) is 2.16. The zero-order valence-electron chi connectivity index (χ0n) is 10.7. The number of nitrogens with zero attached hydrogens (tertiary/aromatic N) is 1. The lowest BCUT2D eigenvalue weighted by molar-refractivity contribution is 0.189. The number of nitrogens with one attached hydrogen (secondary N) is 1. The lowest BCUT2D eigenvalue weighted by atomic mass is 9.99. The lowest BCUT2D eigenvalue weighted by Gasteiger charge is -2.30. The van der Waals surface area contributed by atoms with Crippen LogP contribution in [0.5, 0.6) is 0 Å². The molecule has 0 aromatic carbocycles. The molecule has 2 heteroatoms. The van der Waals surface area contributed by atoms with Crippen LogP contribution in [0.25, 0.3) is 0 Å². The summed E-state index contributed by atoms with van der Waals surface area (Å²) in [6, 6.07) is 0. The normalized spacial score (nSPS) is 18.5. The van der Waals surface area contributed by atoms with E-state index in [9.17, 15) is 0 Å². The van der Waals surface area contributed by atoms with Gasteiger partial charge in [-0.25, -0.2) is 0 Å². The van der Waals surface area contributed by atoms with E-state index in [1.807, 2.05) is 0 Å². The number of hydrogen-bond donors (Lipinski definition) is 1. The molecule has 1 heterocycles. The van der Waals surface area contributed by atoms with Gasteiger partial charge in [0.25, 0.3) is 0 Å². The number of likely N-dealkylation sites (tertiary alicyclic amines) is 1. The van der Waals surface area contributed by atoms with Gasteiger partial charge in [0.05, 0.1) is 0 Å². The van der Waals surface area contributed by atoms with Gasteiger partial charge in [-0.3, -0.25) is 0 Å². The smallest absolute Gasteiger partial charge is 0.0211 e. The van der Waals surface area contributed by atoms with Gasteiger partial charge in [-0.05, 0) is 57.8 Å². The van der Waals surface area contributed by atoms with Crippen LogP contribution in [0.2, 0.25) is 0 Å². The van der Waals surface area contributed by atoms with E-state index in [1.54, 1.807) is 0 Å². The number of piperidine rings is 1. The van der Waals surface area contributed by atoms with Gasteiger partial charge in [-0.15, -0.1) is 12.3 Å². The molecule has 0 amide bonds.